The summed E-state index contributed by atoms with van der Waals surface area (Å²) in [5.41, 5.74) is 2.55. The minimum atomic E-state index is -3.61. The molecule has 1 aliphatic heterocycles. The van der Waals surface area contributed by atoms with Gasteiger partial charge in [0.1, 0.15) is 0 Å². The third-order valence-electron chi connectivity index (χ3n) is 4.65. The van der Waals surface area contributed by atoms with Crippen molar-refractivity contribution in [1.29, 1.82) is 0 Å². The summed E-state index contributed by atoms with van der Waals surface area (Å²) in [6.07, 6.45) is 0.890. The molecule has 0 saturated heterocycles. The lowest BCUT2D eigenvalue weighted by Gasteiger charge is -2.24. The third-order valence-corrected chi connectivity index (χ3v) is 6.79. The molecule has 1 atom stereocenters. The number of hydrogen-bond donors (Lipinski definition) is 1. The number of nitrogens with one attached hydrogen (secondary N) is 1. The fraction of sp³-hybridized carbons (Fsp3) is 0.316. The highest BCUT2D eigenvalue weighted by Crippen LogP contribution is 2.32. The lowest BCUT2D eigenvalue weighted by atomic mass is 10.1. The Kier molecular flexibility index (Phi) is 5.46. The van der Waals surface area contributed by atoms with Crippen LogP contribution in [0.1, 0.15) is 12.5 Å². The van der Waals surface area contributed by atoms with Crippen molar-refractivity contribution in [2.75, 3.05) is 30.9 Å². The summed E-state index contributed by atoms with van der Waals surface area (Å²) in [7, 11) is -0.705. The van der Waals surface area contributed by atoms with E-state index in [2.05, 4.69) is 18.3 Å². The molecule has 3 rings (SSSR count). The smallest absolute Gasteiger partial charge is 0.243 e. The molecule has 0 unspecified atom stereocenters. The van der Waals surface area contributed by atoms with Crippen molar-refractivity contribution < 1.29 is 13.2 Å². The summed E-state index contributed by atoms with van der Waals surface area (Å²) in [6, 6.07) is 12.5. The molecule has 6 nitrogen and oxygen atoms in total. The first-order valence-electron chi connectivity index (χ1n) is 8.56. The number of benzene rings is 2. The van der Waals surface area contributed by atoms with Crippen LogP contribution in [0.2, 0.25) is 5.02 Å². The number of carbonyl (C=O) groups excluding carboxylic acids is 1. The minimum Gasteiger partial charge on any atom is -0.359 e. The van der Waals surface area contributed by atoms with E-state index in [1.807, 2.05) is 23.1 Å². The number of rotatable bonds is 5. The van der Waals surface area contributed by atoms with E-state index in [9.17, 15) is 13.2 Å². The molecule has 27 heavy (non-hydrogen) atoms. The maximum absolute atomic E-state index is 12.6. The zero-order chi connectivity index (χ0) is 19.8. The van der Waals surface area contributed by atoms with Crippen LogP contribution in [-0.2, 0) is 21.2 Å². The van der Waals surface area contributed by atoms with Crippen LogP contribution < -0.4 is 10.2 Å². The second kappa shape index (κ2) is 7.50. The molecular weight excluding hydrogens is 386 g/mol. The fourth-order valence-corrected chi connectivity index (χ4v) is 4.28. The van der Waals surface area contributed by atoms with Crippen molar-refractivity contribution in [3.63, 3.8) is 0 Å². The van der Waals surface area contributed by atoms with Crippen molar-refractivity contribution in [1.82, 2.24) is 4.31 Å². The summed E-state index contributed by atoms with van der Waals surface area (Å²) >= 11 is 6.16. The normalized spacial score (nSPS) is 16.5. The van der Waals surface area contributed by atoms with Crippen LogP contribution in [0.25, 0.3) is 0 Å². The van der Waals surface area contributed by atoms with E-state index in [1.54, 1.807) is 0 Å². The quantitative estimate of drug-likeness (QED) is 0.827. The number of fused-ring (bicyclic) bond motifs is 1. The van der Waals surface area contributed by atoms with E-state index in [0.29, 0.717) is 0 Å². The number of carbonyl (C=O) groups is 1. The molecule has 0 saturated carbocycles. The summed E-state index contributed by atoms with van der Waals surface area (Å²) < 4.78 is 25.7. The van der Waals surface area contributed by atoms with Gasteiger partial charge in [0, 0.05) is 25.8 Å². The van der Waals surface area contributed by atoms with E-state index in [4.69, 9.17) is 11.6 Å². The highest BCUT2D eigenvalue weighted by molar-refractivity contribution is 7.89. The van der Waals surface area contributed by atoms with Gasteiger partial charge >= 0.3 is 0 Å². The molecule has 2 aromatic rings. The van der Waals surface area contributed by atoms with E-state index < -0.39 is 10.0 Å². The van der Waals surface area contributed by atoms with Gasteiger partial charge in [0.2, 0.25) is 15.9 Å². The van der Waals surface area contributed by atoms with Gasteiger partial charge in [0.15, 0.2) is 0 Å². The molecule has 0 aromatic heterocycles. The molecule has 0 aliphatic carbocycles. The van der Waals surface area contributed by atoms with Gasteiger partial charge in [-0.1, -0.05) is 29.8 Å². The van der Waals surface area contributed by atoms with Crippen molar-refractivity contribution in [3.8, 4) is 0 Å². The first-order valence-corrected chi connectivity index (χ1v) is 10.4. The third kappa shape index (κ3) is 3.95. The van der Waals surface area contributed by atoms with Crippen molar-refractivity contribution >= 4 is 38.9 Å². The number of nitrogens with zero attached hydrogens (tertiary/aromatic N) is 2. The highest BCUT2D eigenvalue weighted by atomic mass is 35.5. The second-order valence-corrected chi connectivity index (χ2v) is 9.35. The number of amides is 1. The molecule has 2 aromatic carbocycles. The van der Waals surface area contributed by atoms with E-state index in [1.165, 1.54) is 37.9 Å². The van der Waals surface area contributed by atoms with Crippen molar-refractivity contribution in [3.05, 3.63) is 53.1 Å². The number of sulfonamides is 1. The van der Waals surface area contributed by atoms with E-state index in [-0.39, 0.29) is 34.1 Å². The van der Waals surface area contributed by atoms with Gasteiger partial charge in [-0.05, 0) is 43.2 Å². The standard InChI is InChI=1S/C19H22ClN3O3S/c1-13-10-14-6-4-5-7-18(14)23(13)12-19(24)21-17-11-15(8-9-16(17)20)27(25,26)22(2)3/h4-9,11,13H,10,12H2,1-3H3,(H,21,24)/t13-/m1/s1. The Morgan fingerprint density at radius 3 is 2.67 bits per heavy atom. The molecule has 1 aliphatic rings. The maximum Gasteiger partial charge on any atom is 0.243 e. The van der Waals surface area contributed by atoms with Gasteiger partial charge in [-0.25, -0.2) is 12.7 Å². The second-order valence-electron chi connectivity index (χ2n) is 6.79. The van der Waals surface area contributed by atoms with Crippen LogP contribution in [0, 0.1) is 0 Å². The monoisotopic (exact) mass is 407 g/mol. The average molecular weight is 408 g/mol. The zero-order valence-corrected chi connectivity index (χ0v) is 17.0. The van der Waals surface area contributed by atoms with Gasteiger partial charge in [0.05, 0.1) is 22.2 Å². The Balaban J connectivity index is 1.79. The molecule has 1 amide bonds. The topological polar surface area (TPSA) is 69.7 Å². The number of halogens is 1. The summed E-state index contributed by atoms with van der Waals surface area (Å²) in [5, 5.41) is 3.03. The Bertz CT molecular complexity index is 976. The number of anilines is 2. The van der Waals surface area contributed by atoms with Gasteiger partial charge in [-0.2, -0.15) is 0 Å². The summed E-state index contributed by atoms with van der Waals surface area (Å²) in [5.74, 6) is -0.250. The molecular formula is C19H22ClN3O3S. The molecule has 0 spiro atoms. The van der Waals surface area contributed by atoms with Crippen LogP contribution in [0.5, 0.6) is 0 Å². The first-order chi connectivity index (χ1) is 12.7. The van der Waals surface area contributed by atoms with Gasteiger partial charge in [0.25, 0.3) is 0 Å². The van der Waals surface area contributed by atoms with Crippen LogP contribution in [0.4, 0.5) is 11.4 Å². The molecule has 0 fully saturated rings. The fourth-order valence-electron chi connectivity index (χ4n) is 3.19. The minimum absolute atomic E-state index is 0.0760. The lowest BCUT2D eigenvalue weighted by molar-refractivity contribution is -0.115. The predicted molar refractivity (Wildman–Crippen MR) is 108 cm³/mol. The average Bonchev–Trinajstić information content (AvgIpc) is 2.92. The maximum atomic E-state index is 12.6. The molecule has 8 heteroatoms. The summed E-state index contributed by atoms with van der Waals surface area (Å²) in [6.45, 7) is 2.24. The Labute approximate surface area is 164 Å². The molecule has 1 N–H and O–H groups in total. The number of hydrogen-bond acceptors (Lipinski definition) is 4. The SMILES string of the molecule is C[C@@H]1Cc2ccccc2N1CC(=O)Nc1cc(S(=O)(=O)N(C)C)ccc1Cl. The first kappa shape index (κ1) is 19.7. The molecule has 0 radical (unpaired) electrons. The van der Waals surface area contributed by atoms with E-state index >= 15 is 0 Å². The Morgan fingerprint density at radius 1 is 1.26 bits per heavy atom. The van der Waals surface area contributed by atoms with Crippen LogP contribution in [-0.4, -0.2) is 45.3 Å². The number of para-hydroxylation sites is 1. The van der Waals surface area contributed by atoms with Gasteiger partial charge in [-0.3, -0.25) is 4.79 Å². The zero-order valence-electron chi connectivity index (χ0n) is 15.4. The van der Waals surface area contributed by atoms with Crippen molar-refractivity contribution in [2.45, 2.75) is 24.3 Å². The molecule has 0 bridgehead atoms. The van der Waals surface area contributed by atoms with Gasteiger partial charge in [-0.15, -0.1) is 0 Å². The predicted octanol–water partition coefficient (Wildman–Crippen LogP) is 2.98. The largest absolute Gasteiger partial charge is 0.359 e. The van der Waals surface area contributed by atoms with E-state index in [0.717, 1.165) is 16.4 Å². The molecule has 144 valence electrons. The van der Waals surface area contributed by atoms with Crippen LogP contribution >= 0.6 is 11.6 Å². The Morgan fingerprint density at radius 2 is 1.96 bits per heavy atom. The van der Waals surface area contributed by atoms with Crippen LogP contribution in [0.15, 0.2) is 47.4 Å². The summed E-state index contributed by atoms with van der Waals surface area (Å²) in [4.78, 5) is 14.7. The molecule has 1 heterocycles. The highest BCUT2D eigenvalue weighted by Gasteiger charge is 2.27. The Hall–Kier alpha value is -2.09. The lowest BCUT2D eigenvalue weighted by Crippen LogP contribution is -2.37. The van der Waals surface area contributed by atoms with Gasteiger partial charge < -0.3 is 10.2 Å². The van der Waals surface area contributed by atoms with Crippen molar-refractivity contribution in [2.24, 2.45) is 0 Å². The van der Waals surface area contributed by atoms with Crippen LogP contribution in [0.3, 0.4) is 0 Å².